The smallest absolute Gasteiger partial charge is 0.271 e. The fourth-order valence-corrected chi connectivity index (χ4v) is 1.25. The molecule has 0 heterocycles. The van der Waals surface area contributed by atoms with Gasteiger partial charge in [-0.1, -0.05) is 20.8 Å². The summed E-state index contributed by atoms with van der Waals surface area (Å²) in [6.07, 6.45) is 2.38. The lowest BCUT2D eigenvalue weighted by Crippen LogP contribution is -2.19. The molecule has 0 radical (unpaired) electrons. The van der Waals surface area contributed by atoms with Crippen LogP contribution in [0, 0.1) is 5.92 Å². The third-order valence-corrected chi connectivity index (χ3v) is 2.38. The van der Waals surface area contributed by atoms with Gasteiger partial charge in [0, 0.05) is 23.4 Å². The summed E-state index contributed by atoms with van der Waals surface area (Å²) in [5.41, 5.74) is 3.59. The minimum atomic E-state index is -0.272. The van der Waals surface area contributed by atoms with Crippen molar-refractivity contribution in [3.8, 4) is 0 Å². The van der Waals surface area contributed by atoms with E-state index in [0.717, 1.165) is 6.42 Å². The van der Waals surface area contributed by atoms with Gasteiger partial charge in [0.25, 0.3) is 5.91 Å². The lowest BCUT2D eigenvalue weighted by atomic mass is 10.1. The Balaban J connectivity index is 2.63. The highest BCUT2D eigenvalue weighted by Gasteiger charge is 2.08. The zero-order valence-corrected chi connectivity index (χ0v) is 11.4. The number of nitrogens with one attached hydrogen (secondary N) is 2. The first-order valence-corrected chi connectivity index (χ1v) is 6.27. The minimum Gasteiger partial charge on any atom is -0.326 e. The average Bonchev–Trinajstić information content (AvgIpc) is 2.39. The van der Waals surface area contributed by atoms with E-state index in [9.17, 15) is 9.59 Å². The van der Waals surface area contributed by atoms with Crippen LogP contribution in [0.4, 0.5) is 5.69 Å². The van der Waals surface area contributed by atoms with Crippen LogP contribution < -0.4 is 10.7 Å². The molecule has 0 aliphatic heterocycles. The number of hydrazone groups is 1. The Morgan fingerprint density at radius 3 is 2.42 bits per heavy atom. The predicted octanol–water partition coefficient (Wildman–Crippen LogP) is 2.41. The maximum Gasteiger partial charge on any atom is 0.271 e. The van der Waals surface area contributed by atoms with Crippen molar-refractivity contribution in [2.24, 2.45) is 11.0 Å². The molecule has 19 heavy (non-hydrogen) atoms. The van der Waals surface area contributed by atoms with Crippen molar-refractivity contribution < 1.29 is 9.59 Å². The molecule has 102 valence electrons. The fraction of sp³-hybridized carbons (Fsp3) is 0.357. The van der Waals surface area contributed by atoms with Crippen molar-refractivity contribution in [3.63, 3.8) is 0 Å². The Morgan fingerprint density at radius 1 is 1.26 bits per heavy atom. The van der Waals surface area contributed by atoms with E-state index >= 15 is 0 Å². The number of hydrogen-bond acceptors (Lipinski definition) is 3. The Kier molecular flexibility index (Phi) is 5.73. The van der Waals surface area contributed by atoms with Gasteiger partial charge in [0.2, 0.25) is 5.91 Å². The van der Waals surface area contributed by atoms with Gasteiger partial charge in [-0.05, 0) is 30.7 Å². The van der Waals surface area contributed by atoms with Crippen molar-refractivity contribution >= 4 is 23.7 Å². The van der Waals surface area contributed by atoms with Crippen molar-refractivity contribution in [2.75, 3.05) is 5.32 Å². The summed E-state index contributed by atoms with van der Waals surface area (Å²) in [6, 6.07) is 6.68. The van der Waals surface area contributed by atoms with Gasteiger partial charge in [0.1, 0.15) is 0 Å². The Labute approximate surface area is 113 Å². The van der Waals surface area contributed by atoms with Crippen LogP contribution in [-0.4, -0.2) is 18.0 Å². The van der Waals surface area contributed by atoms with Gasteiger partial charge in [0.05, 0.1) is 0 Å². The summed E-state index contributed by atoms with van der Waals surface area (Å²) in [5.74, 6) is -0.400. The van der Waals surface area contributed by atoms with Crippen LogP contribution in [0.2, 0.25) is 0 Å². The van der Waals surface area contributed by atoms with Crippen LogP contribution in [0.15, 0.2) is 29.4 Å². The van der Waals surface area contributed by atoms with E-state index in [0.29, 0.717) is 11.3 Å². The second kappa shape index (κ2) is 7.31. The van der Waals surface area contributed by atoms with Gasteiger partial charge in [-0.2, -0.15) is 5.10 Å². The summed E-state index contributed by atoms with van der Waals surface area (Å²) >= 11 is 0. The molecule has 1 aromatic rings. The average molecular weight is 261 g/mol. The molecule has 0 saturated heterocycles. The Bertz CT molecular complexity index is 464. The summed E-state index contributed by atoms with van der Waals surface area (Å²) in [7, 11) is 0. The number of rotatable bonds is 5. The van der Waals surface area contributed by atoms with E-state index in [-0.39, 0.29) is 17.7 Å². The highest BCUT2D eigenvalue weighted by Crippen LogP contribution is 2.10. The Hall–Kier alpha value is -2.17. The number of anilines is 1. The molecule has 0 saturated carbocycles. The molecule has 1 rings (SSSR count). The third-order valence-electron chi connectivity index (χ3n) is 2.38. The summed E-state index contributed by atoms with van der Waals surface area (Å²) in [5, 5.41) is 6.53. The topological polar surface area (TPSA) is 70.6 Å². The molecular formula is C14H19N3O2. The number of nitrogens with zero attached hydrogens (tertiary/aromatic N) is 1. The van der Waals surface area contributed by atoms with Gasteiger partial charge in [0.15, 0.2) is 0 Å². The molecule has 0 aromatic heterocycles. The molecule has 1 aromatic carbocycles. The van der Waals surface area contributed by atoms with Crippen LogP contribution in [0.3, 0.4) is 0 Å². The van der Waals surface area contributed by atoms with Crippen molar-refractivity contribution in [1.82, 2.24) is 5.43 Å². The largest absolute Gasteiger partial charge is 0.326 e. The standard InChI is InChI=1S/C14H19N3O2/c1-4-9-15-17-14(19)11-5-7-12(8-6-11)16-13(18)10(2)3/h5-10H,4H2,1-3H3,(H,16,18)(H,17,19). The maximum atomic E-state index is 11.6. The molecule has 0 bridgehead atoms. The lowest BCUT2D eigenvalue weighted by molar-refractivity contribution is -0.118. The highest BCUT2D eigenvalue weighted by molar-refractivity contribution is 5.96. The van der Waals surface area contributed by atoms with Gasteiger partial charge < -0.3 is 5.32 Å². The molecule has 2 amide bonds. The van der Waals surface area contributed by atoms with Gasteiger partial charge >= 0.3 is 0 Å². The SMILES string of the molecule is CCC=NNC(=O)c1ccc(NC(=O)C(C)C)cc1. The Morgan fingerprint density at radius 2 is 1.89 bits per heavy atom. The molecule has 0 aliphatic carbocycles. The van der Waals surface area contributed by atoms with E-state index in [1.165, 1.54) is 0 Å². The fourth-order valence-electron chi connectivity index (χ4n) is 1.25. The number of benzene rings is 1. The monoisotopic (exact) mass is 261 g/mol. The number of carbonyl (C=O) groups is 2. The van der Waals surface area contributed by atoms with Crippen LogP contribution in [0.5, 0.6) is 0 Å². The second-order valence-corrected chi connectivity index (χ2v) is 4.38. The molecule has 0 fully saturated rings. The molecule has 0 spiro atoms. The van der Waals surface area contributed by atoms with E-state index < -0.39 is 0 Å². The van der Waals surface area contributed by atoms with E-state index in [1.807, 2.05) is 20.8 Å². The normalized spacial score (nSPS) is 10.7. The minimum absolute atomic E-state index is 0.0512. The van der Waals surface area contributed by atoms with Gasteiger partial charge in [-0.3, -0.25) is 9.59 Å². The molecule has 0 atom stereocenters. The van der Waals surface area contributed by atoms with Crippen LogP contribution in [0.25, 0.3) is 0 Å². The van der Waals surface area contributed by atoms with Crippen molar-refractivity contribution in [1.29, 1.82) is 0 Å². The van der Waals surface area contributed by atoms with Crippen molar-refractivity contribution in [2.45, 2.75) is 27.2 Å². The lowest BCUT2D eigenvalue weighted by Gasteiger charge is -2.08. The zero-order valence-electron chi connectivity index (χ0n) is 11.4. The van der Waals surface area contributed by atoms with Crippen molar-refractivity contribution in [3.05, 3.63) is 29.8 Å². The highest BCUT2D eigenvalue weighted by atomic mass is 16.2. The van der Waals surface area contributed by atoms with Crippen LogP contribution >= 0.6 is 0 Å². The molecule has 5 heteroatoms. The summed E-state index contributed by atoms with van der Waals surface area (Å²) in [6.45, 7) is 5.58. The molecule has 5 nitrogen and oxygen atoms in total. The first-order valence-electron chi connectivity index (χ1n) is 6.27. The second-order valence-electron chi connectivity index (χ2n) is 4.38. The first kappa shape index (κ1) is 14.9. The van der Waals surface area contributed by atoms with E-state index in [4.69, 9.17) is 0 Å². The summed E-state index contributed by atoms with van der Waals surface area (Å²) < 4.78 is 0. The predicted molar refractivity (Wildman–Crippen MR) is 76.2 cm³/mol. The number of hydrogen-bond donors (Lipinski definition) is 2. The first-order chi connectivity index (χ1) is 9.04. The molecule has 0 aliphatic rings. The van der Waals surface area contributed by atoms with Crippen LogP contribution in [0.1, 0.15) is 37.6 Å². The van der Waals surface area contributed by atoms with Crippen LogP contribution in [-0.2, 0) is 4.79 Å². The maximum absolute atomic E-state index is 11.6. The number of carbonyl (C=O) groups excluding carboxylic acids is 2. The third kappa shape index (κ3) is 4.91. The number of amides is 2. The summed E-state index contributed by atoms with van der Waals surface area (Å²) in [4.78, 5) is 23.1. The molecule has 2 N–H and O–H groups in total. The van der Waals surface area contributed by atoms with Gasteiger partial charge in [-0.25, -0.2) is 5.43 Å². The van der Waals surface area contributed by atoms with E-state index in [1.54, 1.807) is 30.5 Å². The zero-order chi connectivity index (χ0) is 14.3. The molecule has 0 unspecified atom stereocenters. The molecular weight excluding hydrogens is 242 g/mol. The van der Waals surface area contributed by atoms with E-state index in [2.05, 4.69) is 15.8 Å². The quantitative estimate of drug-likeness (QED) is 0.631. The van der Waals surface area contributed by atoms with Gasteiger partial charge in [-0.15, -0.1) is 0 Å².